The van der Waals surface area contributed by atoms with E-state index in [-0.39, 0.29) is 11.9 Å². The molecule has 1 saturated carbocycles. The van der Waals surface area contributed by atoms with Gasteiger partial charge in [0.2, 0.25) is 0 Å². The van der Waals surface area contributed by atoms with Gasteiger partial charge in [-0.15, -0.1) is 0 Å². The van der Waals surface area contributed by atoms with E-state index < -0.39 is 0 Å². The van der Waals surface area contributed by atoms with Gasteiger partial charge >= 0.3 is 0 Å². The summed E-state index contributed by atoms with van der Waals surface area (Å²) in [5, 5.41) is 3.14. The molecule has 1 aromatic carbocycles. The third-order valence-corrected chi connectivity index (χ3v) is 3.81. The summed E-state index contributed by atoms with van der Waals surface area (Å²) in [4.78, 5) is 12.2. The normalized spacial score (nSPS) is 23.7. The molecule has 1 amide bonds. The maximum atomic E-state index is 12.2. The van der Waals surface area contributed by atoms with Crippen LogP contribution in [0.1, 0.15) is 41.6 Å². The van der Waals surface area contributed by atoms with Crippen LogP contribution in [0.3, 0.4) is 0 Å². The standard InChI is InChI=1S/C15H22N2O/c1-11-5-4-7-12(9-11)15(18)17-14-8-3-2-6-13(14)10-16/h4-5,7,9,13-14H,2-3,6,8,10,16H2,1H3,(H,17,18). The van der Waals surface area contributed by atoms with Crippen molar-refractivity contribution in [3.8, 4) is 0 Å². The molecule has 2 rings (SSSR count). The first kappa shape index (κ1) is 13.1. The Kier molecular flexibility index (Phi) is 4.37. The Balaban J connectivity index is 2.02. The fourth-order valence-electron chi connectivity index (χ4n) is 2.72. The molecule has 1 fully saturated rings. The number of carbonyl (C=O) groups excluding carboxylic acids is 1. The number of benzene rings is 1. The summed E-state index contributed by atoms with van der Waals surface area (Å²) in [7, 11) is 0. The van der Waals surface area contributed by atoms with Gasteiger partial charge in [0.25, 0.3) is 5.91 Å². The van der Waals surface area contributed by atoms with Gasteiger partial charge in [-0.05, 0) is 44.4 Å². The van der Waals surface area contributed by atoms with Crippen LogP contribution in [0.25, 0.3) is 0 Å². The van der Waals surface area contributed by atoms with Crippen LogP contribution in [0.5, 0.6) is 0 Å². The van der Waals surface area contributed by atoms with Crippen LogP contribution >= 0.6 is 0 Å². The number of aryl methyl sites for hydroxylation is 1. The third-order valence-electron chi connectivity index (χ3n) is 3.81. The van der Waals surface area contributed by atoms with Gasteiger partial charge in [0.05, 0.1) is 0 Å². The number of rotatable bonds is 3. The number of hydrogen-bond donors (Lipinski definition) is 2. The van der Waals surface area contributed by atoms with Crippen LogP contribution in [-0.2, 0) is 0 Å². The summed E-state index contributed by atoms with van der Waals surface area (Å²) in [6, 6.07) is 7.96. The van der Waals surface area contributed by atoms with Gasteiger partial charge in [0, 0.05) is 11.6 Å². The van der Waals surface area contributed by atoms with E-state index in [2.05, 4.69) is 5.32 Å². The SMILES string of the molecule is Cc1cccc(C(=O)NC2CCCCC2CN)c1. The summed E-state index contributed by atoms with van der Waals surface area (Å²) >= 11 is 0. The highest BCUT2D eigenvalue weighted by Gasteiger charge is 2.25. The summed E-state index contributed by atoms with van der Waals surface area (Å²) in [5.74, 6) is 0.469. The second kappa shape index (κ2) is 6.01. The van der Waals surface area contributed by atoms with Crippen LogP contribution in [0.4, 0.5) is 0 Å². The molecule has 2 atom stereocenters. The van der Waals surface area contributed by atoms with Gasteiger partial charge in [-0.2, -0.15) is 0 Å². The first-order valence-electron chi connectivity index (χ1n) is 6.78. The first-order valence-corrected chi connectivity index (χ1v) is 6.78. The van der Waals surface area contributed by atoms with Crippen molar-refractivity contribution in [3.05, 3.63) is 35.4 Å². The van der Waals surface area contributed by atoms with Gasteiger partial charge in [0.1, 0.15) is 0 Å². The van der Waals surface area contributed by atoms with Crippen LogP contribution in [-0.4, -0.2) is 18.5 Å². The maximum Gasteiger partial charge on any atom is 0.251 e. The highest BCUT2D eigenvalue weighted by Crippen LogP contribution is 2.23. The fraction of sp³-hybridized carbons (Fsp3) is 0.533. The predicted molar refractivity (Wildman–Crippen MR) is 73.4 cm³/mol. The van der Waals surface area contributed by atoms with Crippen LogP contribution in [0.2, 0.25) is 0 Å². The van der Waals surface area contributed by atoms with E-state index in [1.807, 2.05) is 31.2 Å². The first-order chi connectivity index (χ1) is 8.70. The summed E-state index contributed by atoms with van der Waals surface area (Å²) in [5.41, 5.74) is 7.64. The van der Waals surface area contributed by atoms with Gasteiger partial charge in [-0.3, -0.25) is 4.79 Å². The number of amides is 1. The minimum atomic E-state index is 0.0315. The highest BCUT2D eigenvalue weighted by molar-refractivity contribution is 5.94. The molecular formula is C15H22N2O. The molecule has 1 aliphatic rings. The Morgan fingerprint density at radius 3 is 2.89 bits per heavy atom. The minimum Gasteiger partial charge on any atom is -0.349 e. The van der Waals surface area contributed by atoms with Gasteiger partial charge in [0.15, 0.2) is 0 Å². The average Bonchev–Trinajstić information content (AvgIpc) is 2.39. The van der Waals surface area contributed by atoms with Crippen molar-refractivity contribution in [2.45, 2.75) is 38.6 Å². The molecule has 0 aromatic heterocycles. The molecule has 98 valence electrons. The summed E-state index contributed by atoms with van der Waals surface area (Å²) in [6.45, 7) is 2.67. The Labute approximate surface area is 109 Å². The van der Waals surface area contributed by atoms with Crippen molar-refractivity contribution < 1.29 is 4.79 Å². The molecule has 1 aliphatic carbocycles. The van der Waals surface area contributed by atoms with Gasteiger partial charge in [-0.1, -0.05) is 30.5 Å². The Morgan fingerprint density at radius 2 is 2.17 bits per heavy atom. The minimum absolute atomic E-state index is 0.0315. The predicted octanol–water partition coefficient (Wildman–Crippen LogP) is 2.24. The maximum absolute atomic E-state index is 12.2. The number of hydrogen-bond acceptors (Lipinski definition) is 2. The Hall–Kier alpha value is -1.35. The molecular weight excluding hydrogens is 224 g/mol. The van der Waals surface area contributed by atoms with Crippen molar-refractivity contribution in [2.24, 2.45) is 11.7 Å². The molecule has 3 N–H and O–H groups in total. The lowest BCUT2D eigenvalue weighted by Gasteiger charge is -2.31. The second-order valence-electron chi connectivity index (χ2n) is 5.23. The van der Waals surface area contributed by atoms with Crippen molar-refractivity contribution in [3.63, 3.8) is 0 Å². The Bertz CT molecular complexity index is 417. The molecule has 0 spiro atoms. The van der Waals surface area contributed by atoms with Gasteiger partial charge in [-0.25, -0.2) is 0 Å². The van der Waals surface area contributed by atoms with Crippen molar-refractivity contribution >= 4 is 5.91 Å². The third kappa shape index (κ3) is 3.10. The lowest BCUT2D eigenvalue weighted by Crippen LogP contribution is -2.44. The number of nitrogens with one attached hydrogen (secondary N) is 1. The second-order valence-corrected chi connectivity index (χ2v) is 5.23. The molecule has 2 unspecified atom stereocenters. The van der Waals surface area contributed by atoms with E-state index >= 15 is 0 Å². The number of carbonyl (C=O) groups is 1. The molecule has 0 heterocycles. The zero-order valence-electron chi connectivity index (χ0n) is 11.0. The van der Waals surface area contributed by atoms with Gasteiger partial charge < -0.3 is 11.1 Å². The average molecular weight is 246 g/mol. The number of nitrogens with two attached hydrogens (primary N) is 1. The smallest absolute Gasteiger partial charge is 0.251 e. The zero-order chi connectivity index (χ0) is 13.0. The van der Waals surface area contributed by atoms with Crippen LogP contribution < -0.4 is 11.1 Å². The van der Waals surface area contributed by atoms with E-state index in [1.165, 1.54) is 12.8 Å². The van der Waals surface area contributed by atoms with Crippen LogP contribution in [0, 0.1) is 12.8 Å². The lowest BCUT2D eigenvalue weighted by molar-refractivity contribution is 0.0908. The van der Waals surface area contributed by atoms with Crippen molar-refractivity contribution in [1.29, 1.82) is 0 Å². The summed E-state index contributed by atoms with van der Waals surface area (Å²) < 4.78 is 0. The van der Waals surface area contributed by atoms with E-state index in [4.69, 9.17) is 5.73 Å². The molecule has 1 aromatic rings. The molecule has 0 bridgehead atoms. The van der Waals surface area contributed by atoms with Crippen molar-refractivity contribution in [1.82, 2.24) is 5.32 Å². The van der Waals surface area contributed by atoms with Crippen LogP contribution in [0.15, 0.2) is 24.3 Å². The van der Waals surface area contributed by atoms with E-state index in [1.54, 1.807) is 0 Å². The largest absolute Gasteiger partial charge is 0.349 e. The quantitative estimate of drug-likeness (QED) is 0.859. The van der Waals surface area contributed by atoms with E-state index in [9.17, 15) is 4.79 Å². The molecule has 3 heteroatoms. The molecule has 0 aliphatic heterocycles. The van der Waals surface area contributed by atoms with E-state index in [0.717, 1.165) is 24.0 Å². The Morgan fingerprint density at radius 1 is 1.39 bits per heavy atom. The monoisotopic (exact) mass is 246 g/mol. The topological polar surface area (TPSA) is 55.1 Å². The molecule has 0 radical (unpaired) electrons. The lowest BCUT2D eigenvalue weighted by atomic mass is 9.84. The zero-order valence-corrected chi connectivity index (χ0v) is 11.0. The fourth-order valence-corrected chi connectivity index (χ4v) is 2.72. The molecule has 18 heavy (non-hydrogen) atoms. The summed E-state index contributed by atoms with van der Waals surface area (Å²) in [6.07, 6.45) is 4.61. The molecule has 0 saturated heterocycles. The van der Waals surface area contributed by atoms with E-state index in [0.29, 0.717) is 12.5 Å². The molecule has 3 nitrogen and oxygen atoms in total. The highest BCUT2D eigenvalue weighted by atomic mass is 16.1. The van der Waals surface area contributed by atoms with Crippen molar-refractivity contribution in [2.75, 3.05) is 6.54 Å².